The van der Waals surface area contributed by atoms with E-state index in [1.807, 2.05) is 0 Å². The highest BCUT2D eigenvalue weighted by Crippen LogP contribution is 2.34. The van der Waals surface area contributed by atoms with E-state index >= 15 is 0 Å². The maximum atomic E-state index is 14.6. The molecule has 1 aromatic heterocycles. The van der Waals surface area contributed by atoms with Gasteiger partial charge in [0.1, 0.15) is 11.0 Å². The SMILES string of the molecule is O=C(O)c1ccc(CCCN2C(=O)OCC[C@@H]2/C=C/[C@@H](O)C(F)(F)c2cccc(Br)c2)s1. The predicted molar refractivity (Wildman–Crippen MR) is 119 cm³/mol. The van der Waals surface area contributed by atoms with Crippen LogP contribution in [0.4, 0.5) is 13.6 Å². The van der Waals surface area contributed by atoms with E-state index in [2.05, 4.69) is 15.9 Å². The van der Waals surface area contributed by atoms with Gasteiger partial charge in [0.25, 0.3) is 0 Å². The molecular weight excluding hydrogens is 508 g/mol. The fourth-order valence-corrected chi connectivity index (χ4v) is 4.66. The number of carboxylic acids is 1. The van der Waals surface area contributed by atoms with Gasteiger partial charge in [-0.25, -0.2) is 9.59 Å². The van der Waals surface area contributed by atoms with Gasteiger partial charge in [0.15, 0.2) is 0 Å². The summed E-state index contributed by atoms with van der Waals surface area (Å²) in [7, 11) is 0. The third-order valence-electron chi connectivity index (χ3n) is 5.07. The van der Waals surface area contributed by atoms with Crippen molar-refractivity contribution in [3.05, 3.63) is 68.3 Å². The fourth-order valence-electron chi connectivity index (χ4n) is 3.37. The number of aliphatic hydroxyl groups excluding tert-OH is 1. The monoisotopic (exact) mass is 529 g/mol. The van der Waals surface area contributed by atoms with Crippen molar-refractivity contribution in [1.82, 2.24) is 4.90 Å². The minimum absolute atomic E-state index is 0.162. The summed E-state index contributed by atoms with van der Waals surface area (Å²) in [5, 5.41) is 19.1. The number of ether oxygens (including phenoxy) is 1. The van der Waals surface area contributed by atoms with E-state index in [-0.39, 0.29) is 17.0 Å². The molecule has 32 heavy (non-hydrogen) atoms. The number of aromatic carboxylic acids is 1. The molecular formula is C22H22BrF2NO5S. The summed E-state index contributed by atoms with van der Waals surface area (Å²) in [6.07, 6.45) is 1.38. The standard InChI is InChI=1S/C22H22BrF2NO5S/c23-15-4-1-3-14(13-15)22(24,25)19(27)9-6-16-10-12-31-21(30)26(16)11-2-5-17-7-8-18(32-17)20(28)29/h1,3-4,6-9,13,16,19,27H,2,5,10-12H2,(H,28,29)/b9-6+/t16-,19+/m0/s1. The molecule has 0 aliphatic carbocycles. The lowest BCUT2D eigenvalue weighted by molar-refractivity contribution is -0.0930. The van der Waals surface area contributed by atoms with Crippen LogP contribution in [0.15, 0.2) is 53.0 Å². The average molecular weight is 530 g/mol. The lowest BCUT2D eigenvalue weighted by Crippen LogP contribution is -2.45. The Bertz CT molecular complexity index is 996. The van der Waals surface area contributed by atoms with Gasteiger partial charge in [0.05, 0.1) is 12.6 Å². The Kier molecular flexibility index (Phi) is 8.02. The van der Waals surface area contributed by atoms with Gasteiger partial charge >= 0.3 is 18.0 Å². The first-order valence-corrected chi connectivity index (χ1v) is 11.5. The minimum atomic E-state index is -3.50. The molecule has 1 aliphatic heterocycles. The van der Waals surface area contributed by atoms with Crippen LogP contribution in [-0.2, 0) is 17.1 Å². The van der Waals surface area contributed by atoms with Crippen molar-refractivity contribution in [2.45, 2.75) is 37.3 Å². The number of aliphatic hydroxyl groups is 1. The van der Waals surface area contributed by atoms with E-state index in [0.29, 0.717) is 30.3 Å². The number of carbonyl (C=O) groups is 2. The van der Waals surface area contributed by atoms with Crippen LogP contribution in [0, 0.1) is 0 Å². The summed E-state index contributed by atoms with van der Waals surface area (Å²) in [5.41, 5.74) is -0.319. The molecule has 0 saturated carbocycles. The fraction of sp³-hybridized carbons (Fsp3) is 0.364. The number of rotatable bonds is 9. The van der Waals surface area contributed by atoms with Crippen molar-refractivity contribution in [3.8, 4) is 0 Å². The molecule has 10 heteroatoms. The van der Waals surface area contributed by atoms with Crippen LogP contribution < -0.4 is 0 Å². The molecule has 0 radical (unpaired) electrons. The molecule has 3 rings (SSSR count). The lowest BCUT2D eigenvalue weighted by atomic mass is 10.0. The third-order valence-corrected chi connectivity index (χ3v) is 6.69. The molecule has 1 fully saturated rings. The summed E-state index contributed by atoms with van der Waals surface area (Å²) in [6.45, 7) is 0.474. The van der Waals surface area contributed by atoms with Gasteiger partial charge in [-0.15, -0.1) is 11.3 Å². The number of halogens is 3. The number of alkyl halides is 2. The first kappa shape index (κ1) is 24.3. The number of carbonyl (C=O) groups excluding carboxylic acids is 1. The Morgan fingerprint density at radius 2 is 2.16 bits per heavy atom. The molecule has 6 nitrogen and oxygen atoms in total. The Balaban J connectivity index is 1.63. The van der Waals surface area contributed by atoms with Crippen LogP contribution in [0.1, 0.15) is 33.0 Å². The highest BCUT2D eigenvalue weighted by molar-refractivity contribution is 9.10. The molecule has 2 N–H and O–H groups in total. The molecule has 0 spiro atoms. The number of carboxylic acid groups (broad SMARTS) is 1. The number of benzene rings is 1. The van der Waals surface area contributed by atoms with Crippen molar-refractivity contribution >= 4 is 39.3 Å². The van der Waals surface area contributed by atoms with Crippen LogP contribution >= 0.6 is 27.3 Å². The van der Waals surface area contributed by atoms with Gasteiger partial charge in [-0.1, -0.05) is 40.2 Å². The van der Waals surface area contributed by atoms with Crippen LogP contribution in [-0.4, -0.2) is 52.5 Å². The first-order chi connectivity index (χ1) is 15.2. The quantitative estimate of drug-likeness (QED) is 0.443. The minimum Gasteiger partial charge on any atom is -0.477 e. The van der Waals surface area contributed by atoms with E-state index in [1.165, 1.54) is 46.6 Å². The van der Waals surface area contributed by atoms with Crippen molar-refractivity contribution in [1.29, 1.82) is 0 Å². The second-order valence-electron chi connectivity index (χ2n) is 7.30. The molecule has 0 unspecified atom stereocenters. The van der Waals surface area contributed by atoms with Crippen molar-refractivity contribution in [3.63, 3.8) is 0 Å². The number of hydrogen-bond acceptors (Lipinski definition) is 5. The topological polar surface area (TPSA) is 87.1 Å². The van der Waals surface area contributed by atoms with E-state index < -0.39 is 30.1 Å². The number of amides is 1. The highest BCUT2D eigenvalue weighted by Gasteiger charge is 2.39. The summed E-state index contributed by atoms with van der Waals surface area (Å²) < 4.78 is 34.8. The summed E-state index contributed by atoms with van der Waals surface area (Å²) in [6, 6.07) is 8.37. The number of aryl methyl sites for hydroxylation is 1. The van der Waals surface area contributed by atoms with Crippen LogP contribution in [0.2, 0.25) is 0 Å². The molecule has 1 saturated heterocycles. The number of hydrogen-bond donors (Lipinski definition) is 2. The van der Waals surface area contributed by atoms with Crippen LogP contribution in [0.5, 0.6) is 0 Å². The Morgan fingerprint density at radius 3 is 2.84 bits per heavy atom. The smallest absolute Gasteiger partial charge is 0.410 e. The number of thiophene rings is 1. The van der Waals surface area contributed by atoms with Crippen molar-refractivity contribution < 1.29 is 33.3 Å². The predicted octanol–water partition coefficient (Wildman–Crippen LogP) is 5.06. The molecule has 2 aromatic rings. The summed E-state index contributed by atoms with van der Waals surface area (Å²) >= 11 is 4.33. The Hall–Kier alpha value is -2.30. The highest BCUT2D eigenvalue weighted by atomic mass is 79.9. The van der Waals surface area contributed by atoms with E-state index in [1.54, 1.807) is 12.1 Å². The molecule has 1 aliphatic rings. The zero-order valence-corrected chi connectivity index (χ0v) is 19.3. The van der Waals surface area contributed by atoms with Gasteiger partial charge < -0.3 is 19.8 Å². The maximum Gasteiger partial charge on any atom is 0.410 e. The third kappa shape index (κ3) is 5.93. The summed E-state index contributed by atoms with van der Waals surface area (Å²) in [4.78, 5) is 25.8. The lowest BCUT2D eigenvalue weighted by Gasteiger charge is -2.33. The van der Waals surface area contributed by atoms with Crippen LogP contribution in [0.3, 0.4) is 0 Å². The first-order valence-electron chi connectivity index (χ1n) is 9.94. The number of nitrogens with zero attached hydrogens (tertiary/aromatic N) is 1. The Labute approximate surface area is 196 Å². The second kappa shape index (κ2) is 10.5. The largest absolute Gasteiger partial charge is 0.477 e. The van der Waals surface area contributed by atoms with E-state index in [4.69, 9.17) is 9.84 Å². The van der Waals surface area contributed by atoms with Gasteiger partial charge in [0, 0.05) is 27.9 Å². The molecule has 1 aromatic carbocycles. The van der Waals surface area contributed by atoms with Crippen molar-refractivity contribution in [2.24, 2.45) is 0 Å². The van der Waals surface area contributed by atoms with Gasteiger partial charge in [-0.2, -0.15) is 8.78 Å². The summed E-state index contributed by atoms with van der Waals surface area (Å²) in [5.74, 6) is -4.48. The molecule has 2 atom stereocenters. The molecule has 1 amide bonds. The average Bonchev–Trinajstić information content (AvgIpc) is 3.23. The van der Waals surface area contributed by atoms with E-state index in [9.17, 15) is 23.5 Å². The molecule has 2 heterocycles. The van der Waals surface area contributed by atoms with E-state index in [0.717, 1.165) is 11.0 Å². The van der Waals surface area contributed by atoms with Crippen molar-refractivity contribution in [2.75, 3.05) is 13.2 Å². The normalized spacial score (nSPS) is 18.1. The van der Waals surface area contributed by atoms with Gasteiger partial charge in [-0.05, 0) is 37.1 Å². The zero-order valence-electron chi connectivity index (χ0n) is 16.9. The number of cyclic esters (lactones) is 1. The van der Waals surface area contributed by atoms with Gasteiger partial charge in [-0.3, -0.25) is 0 Å². The van der Waals surface area contributed by atoms with Crippen LogP contribution in [0.25, 0.3) is 0 Å². The molecule has 0 bridgehead atoms. The molecule has 172 valence electrons. The second-order valence-corrected chi connectivity index (χ2v) is 9.39. The van der Waals surface area contributed by atoms with Gasteiger partial charge in [0.2, 0.25) is 0 Å². The Morgan fingerprint density at radius 1 is 1.38 bits per heavy atom. The maximum absolute atomic E-state index is 14.6. The zero-order chi connectivity index (χ0) is 23.3.